The summed E-state index contributed by atoms with van der Waals surface area (Å²) < 4.78 is 5.27. The second-order valence-electron chi connectivity index (χ2n) is 5.66. The van der Waals surface area contributed by atoms with Gasteiger partial charge in [0.1, 0.15) is 19.3 Å². The SMILES string of the molecule is Bc1c(OC)ccc(C(C)=O)c1NC(=O)c1csc(NC(C)C)n1. The number of Topliss-reactive ketones (excluding diaryl/α,β-unsaturated/α-hetero) is 1. The van der Waals surface area contributed by atoms with Crippen LogP contribution < -0.4 is 20.8 Å². The maximum absolute atomic E-state index is 12.5. The van der Waals surface area contributed by atoms with Gasteiger partial charge < -0.3 is 15.4 Å². The summed E-state index contributed by atoms with van der Waals surface area (Å²) in [5.41, 5.74) is 1.91. The number of carbonyl (C=O) groups is 2. The first-order chi connectivity index (χ1) is 11.3. The number of ketones is 1. The third-order valence-electron chi connectivity index (χ3n) is 3.40. The number of benzene rings is 1. The minimum Gasteiger partial charge on any atom is -0.497 e. The molecule has 0 saturated carbocycles. The Labute approximate surface area is 146 Å². The lowest BCUT2D eigenvalue weighted by atomic mass is 9.89. The van der Waals surface area contributed by atoms with Crippen molar-refractivity contribution >= 4 is 47.2 Å². The van der Waals surface area contributed by atoms with E-state index in [4.69, 9.17) is 4.74 Å². The van der Waals surface area contributed by atoms with Crippen LogP contribution in [0.4, 0.5) is 10.8 Å². The van der Waals surface area contributed by atoms with E-state index in [9.17, 15) is 9.59 Å². The summed E-state index contributed by atoms with van der Waals surface area (Å²) in [7, 11) is 3.35. The number of ether oxygens (including phenoxy) is 1. The Balaban J connectivity index is 2.31. The molecule has 1 aromatic heterocycles. The van der Waals surface area contributed by atoms with Gasteiger partial charge in [0.2, 0.25) is 0 Å². The van der Waals surface area contributed by atoms with Crippen LogP contribution in [0.1, 0.15) is 41.6 Å². The highest BCUT2D eigenvalue weighted by Gasteiger charge is 2.18. The summed E-state index contributed by atoms with van der Waals surface area (Å²) in [5, 5.41) is 8.32. The molecule has 0 aliphatic heterocycles. The Kier molecular flexibility index (Phi) is 5.61. The molecule has 0 bridgehead atoms. The highest BCUT2D eigenvalue weighted by Crippen LogP contribution is 2.22. The standard InChI is InChI=1S/C16H20BN3O3S/c1-8(2)18-16-19-11(7-24-16)15(22)20-14-10(9(3)21)5-6-12(23-4)13(14)17/h5-8H,17H2,1-4H3,(H,18,19)(H,20,22). The summed E-state index contributed by atoms with van der Waals surface area (Å²) in [6.45, 7) is 5.46. The van der Waals surface area contributed by atoms with Gasteiger partial charge in [-0.05, 0) is 38.4 Å². The van der Waals surface area contributed by atoms with Crippen molar-refractivity contribution in [1.29, 1.82) is 0 Å². The molecule has 2 aromatic rings. The van der Waals surface area contributed by atoms with E-state index in [1.165, 1.54) is 18.3 Å². The van der Waals surface area contributed by atoms with E-state index in [1.807, 2.05) is 13.8 Å². The Bertz CT molecular complexity index is 774. The highest BCUT2D eigenvalue weighted by atomic mass is 32.1. The van der Waals surface area contributed by atoms with Gasteiger partial charge in [-0.1, -0.05) is 0 Å². The van der Waals surface area contributed by atoms with Crippen LogP contribution in [0.3, 0.4) is 0 Å². The van der Waals surface area contributed by atoms with Crippen LogP contribution in [-0.4, -0.2) is 37.7 Å². The van der Waals surface area contributed by atoms with Crippen molar-refractivity contribution in [2.45, 2.75) is 26.8 Å². The largest absolute Gasteiger partial charge is 0.497 e. The van der Waals surface area contributed by atoms with Gasteiger partial charge >= 0.3 is 0 Å². The molecule has 1 amide bonds. The molecule has 0 aliphatic carbocycles. The molecule has 0 atom stereocenters. The maximum Gasteiger partial charge on any atom is 0.275 e. The van der Waals surface area contributed by atoms with E-state index >= 15 is 0 Å². The van der Waals surface area contributed by atoms with Gasteiger partial charge in [0, 0.05) is 22.7 Å². The number of methoxy groups -OCH3 is 1. The topological polar surface area (TPSA) is 80.3 Å². The number of nitrogens with one attached hydrogen (secondary N) is 2. The molecule has 0 aliphatic rings. The fourth-order valence-corrected chi connectivity index (χ4v) is 3.07. The van der Waals surface area contributed by atoms with Gasteiger partial charge in [0.05, 0.1) is 7.11 Å². The molecule has 0 unspecified atom stereocenters. The van der Waals surface area contributed by atoms with Crippen LogP contribution in [0, 0.1) is 0 Å². The number of hydrogen-bond acceptors (Lipinski definition) is 6. The van der Waals surface area contributed by atoms with Crippen molar-refractivity contribution in [3.8, 4) is 5.75 Å². The van der Waals surface area contributed by atoms with Crippen LogP contribution in [-0.2, 0) is 0 Å². The molecule has 2 N–H and O–H groups in total. The number of aromatic nitrogens is 1. The molecule has 1 aromatic carbocycles. The Morgan fingerprint density at radius 3 is 2.62 bits per heavy atom. The first kappa shape index (κ1) is 18.0. The molecule has 6 nitrogen and oxygen atoms in total. The molecule has 8 heteroatoms. The predicted molar refractivity (Wildman–Crippen MR) is 100 cm³/mol. The lowest BCUT2D eigenvalue weighted by Gasteiger charge is -2.15. The summed E-state index contributed by atoms with van der Waals surface area (Å²) in [6.07, 6.45) is 0. The molecule has 0 radical (unpaired) electrons. The summed E-state index contributed by atoms with van der Waals surface area (Å²) in [5.74, 6) is 0.120. The van der Waals surface area contributed by atoms with Crippen molar-refractivity contribution in [2.75, 3.05) is 17.7 Å². The lowest BCUT2D eigenvalue weighted by Crippen LogP contribution is -2.23. The number of anilines is 2. The quantitative estimate of drug-likeness (QED) is 0.615. The summed E-state index contributed by atoms with van der Waals surface area (Å²) in [6, 6.07) is 3.60. The number of amides is 1. The minimum absolute atomic E-state index is 0.128. The van der Waals surface area contributed by atoms with Gasteiger partial charge in [-0.25, -0.2) is 4.98 Å². The van der Waals surface area contributed by atoms with Gasteiger partial charge in [0.25, 0.3) is 5.91 Å². The van der Waals surface area contributed by atoms with Crippen molar-refractivity contribution in [3.05, 3.63) is 28.8 Å². The lowest BCUT2D eigenvalue weighted by molar-refractivity contribution is 0.101. The second kappa shape index (κ2) is 7.48. The maximum atomic E-state index is 12.5. The molecule has 2 rings (SSSR count). The van der Waals surface area contributed by atoms with Gasteiger partial charge in [-0.3, -0.25) is 9.59 Å². The average molecular weight is 345 g/mol. The number of thiazole rings is 1. The summed E-state index contributed by atoms with van der Waals surface area (Å²) in [4.78, 5) is 28.6. The minimum atomic E-state index is -0.359. The fraction of sp³-hybridized carbons (Fsp3) is 0.312. The highest BCUT2D eigenvalue weighted by molar-refractivity contribution is 7.13. The van der Waals surface area contributed by atoms with Crippen LogP contribution in [0.2, 0.25) is 0 Å². The molecule has 126 valence electrons. The summed E-state index contributed by atoms with van der Waals surface area (Å²) >= 11 is 1.36. The fourth-order valence-electron chi connectivity index (χ4n) is 2.24. The molecule has 0 spiro atoms. The van der Waals surface area contributed by atoms with Crippen molar-refractivity contribution in [1.82, 2.24) is 4.98 Å². The van der Waals surface area contributed by atoms with Crippen LogP contribution in [0.5, 0.6) is 5.75 Å². The first-order valence-electron chi connectivity index (χ1n) is 7.55. The third kappa shape index (κ3) is 3.94. The van der Waals surface area contributed by atoms with Gasteiger partial charge in [-0.15, -0.1) is 11.3 Å². The molecule has 0 saturated heterocycles. The van der Waals surface area contributed by atoms with Crippen molar-refractivity contribution in [3.63, 3.8) is 0 Å². The third-order valence-corrected chi connectivity index (χ3v) is 4.18. The van der Waals surface area contributed by atoms with E-state index in [1.54, 1.807) is 32.5 Å². The van der Waals surface area contributed by atoms with Crippen LogP contribution in [0.15, 0.2) is 17.5 Å². The Morgan fingerprint density at radius 2 is 2.04 bits per heavy atom. The molecular weight excluding hydrogens is 325 g/mol. The van der Waals surface area contributed by atoms with E-state index in [2.05, 4.69) is 15.6 Å². The van der Waals surface area contributed by atoms with Crippen LogP contribution >= 0.6 is 11.3 Å². The predicted octanol–water partition coefficient (Wildman–Crippen LogP) is 1.69. The van der Waals surface area contributed by atoms with Crippen molar-refractivity contribution < 1.29 is 14.3 Å². The zero-order valence-corrected chi connectivity index (χ0v) is 15.2. The molecular formula is C16H20BN3O3S. The monoisotopic (exact) mass is 345 g/mol. The average Bonchev–Trinajstić information content (AvgIpc) is 2.96. The van der Waals surface area contributed by atoms with E-state index < -0.39 is 0 Å². The van der Waals surface area contributed by atoms with Crippen molar-refractivity contribution in [2.24, 2.45) is 0 Å². The normalized spacial score (nSPS) is 10.5. The zero-order chi connectivity index (χ0) is 17.9. The van der Waals surface area contributed by atoms with E-state index in [0.717, 1.165) is 0 Å². The van der Waals surface area contributed by atoms with Crippen LogP contribution in [0.25, 0.3) is 0 Å². The second-order valence-corrected chi connectivity index (χ2v) is 6.52. The molecule has 24 heavy (non-hydrogen) atoms. The molecule has 1 heterocycles. The van der Waals surface area contributed by atoms with E-state index in [0.29, 0.717) is 33.3 Å². The van der Waals surface area contributed by atoms with Gasteiger partial charge in [-0.2, -0.15) is 0 Å². The zero-order valence-electron chi connectivity index (χ0n) is 14.4. The van der Waals surface area contributed by atoms with E-state index in [-0.39, 0.29) is 17.7 Å². The molecule has 0 fully saturated rings. The first-order valence-corrected chi connectivity index (χ1v) is 8.43. The number of rotatable bonds is 6. The number of carbonyl (C=O) groups excluding carboxylic acids is 2. The Hall–Kier alpha value is -2.35. The van der Waals surface area contributed by atoms with Gasteiger partial charge in [0.15, 0.2) is 10.9 Å². The smallest absolute Gasteiger partial charge is 0.275 e. The Morgan fingerprint density at radius 1 is 1.33 bits per heavy atom. The number of nitrogens with zero attached hydrogens (tertiary/aromatic N) is 1. The number of hydrogen-bond donors (Lipinski definition) is 2.